The van der Waals surface area contributed by atoms with Gasteiger partial charge in [-0.05, 0) is 76.4 Å². The van der Waals surface area contributed by atoms with Gasteiger partial charge in [0.05, 0.1) is 5.41 Å². The summed E-state index contributed by atoms with van der Waals surface area (Å²) in [4.78, 5) is 17.6. The van der Waals surface area contributed by atoms with Gasteiger partial charge in [-0.3, -0.25) is 9.78 Å². The molecule has 2 heterocycles. The number of hydrogen-bond acceptors (Lipinski definition) is 3. The number of aromatic nitrogens is 1. The maximum Gasteiger partial charge on any atom is 0.309 e. The molecule has 0 aliphatic carbocycles. The molecule has 1 saturated heterocycles. The second kappa shape index (κ2) is 6.35. The summed E-state index contributed by atoms with van der Waals surface area (Å²) in [6, 6.07) is 4.21. The number of carboxylic acid groups (broad SMARTS) is 1. The summed E-state index contributed by atoms with van der Waals surface area (Å²) in [6.07, 6.45) is 6.73. The van der Waals surface area contributed by atoms with Crippen molar-refractivity contribution in [1.29, 1.82) is 0 Å². The van der Waals surface area contributed by atoms with E-state index in [0.29, 0.717) is 12.3 Å². The molecule has 1 aliphatic heterocycles. The van der Waals surface area contributed by atoms with Crippen molar-refractivity contribution in [3.63, 3.8) is 0 Å². The Morgan fingerprint density at radius 3 is 2.50 bits per heavy atom. The fraction of sp³-hybridized carbons (Fsp3) is 0.625. The van der Waals surface area contributed by atoms with E-state index >= 15 is 0 Å². The molecule has 0 saturated carbocycles. The van der Waals surface area contributed by atoms with Crippen molar-refractivity contribution in [2.45, 2.75) is 39.0 Å². The van der Waals surface area contributed by atoms with Crippen LogP contribution in [0.3, 0.4) is 0 Å². The maximum absolute atomic E-state index is 11.1. The molecule has 4 nitrogen and oxygen atoms in total. The average molecular weight is 276 g/mol. The predicted octanol–water partition coefficient (Wildman–Crippen LogP) is 2.76. The number of pyridine rings is 1. The standard InChI is InChI=1S/C16H24N2O2/c1-16(2,15(19)20)7-12-18-10-5-14(6-11-18)13-3-8-17-9-4-13/h3-4,8-9,14H,5-7,10-12H2,1-2H3,(H,19,20). The van der Waals surface area contributed by atoms with Gasteiger partial charge in [-0.2, -0.15) is 0 Å². The Hall–Kier alpha value is -1.42. The molecule has 0 unspecified atom stereocenters. The van der Waals surface area contributed by atoms with Gasteiger partial charge < -0.3 is 10.0 Å². The molecule has 0 radical (unpaired) electrons. The van der Waals surface area contributed by atoms with Gasteiger partial charge in [-0.25, -0.2) is 0 Å². The number of rotatable bonds is 5. The van der Waals surface area contributed by atoms with Gasteiger partial charge >= 0.3 is 5.97 Å². The molecule has 0 spiro atoms. The number of piperidine rings is 1. The third kappa shape index (κ3) is 3.79. The molecule has 1 aromatic rings. The number of aliphatic carboxylic acids is 1. The molecule has 0 bridgehead atoms. The second-order valence-corrected chi connectivity index (χ2v) is 6.34. The van der Waals surface area contributed by atoms with Gasteiger partial charge in [0, 0.05) is 12.4 Å². The van der Waals surface area contributed by atoms with E-state index in [9.17, 15) is 4.79 Å². The SMILES string of the molecule is CC(C)(CCN1CCC(c2ccncc2)CC1)C(=O)O. The van der Waals surface area contributed by atoms with Gasteiger partial charge in [0.2, 0.25) is 0 Å². The van der Waals surface area contributed by atoms with Crippen molar-refractivity contribution in [3.05, 3.63) is 30.1 Å². The Bertz CT molecular complexity index is 437. The second-order valence-electron chi connectivity index (χ2n) is 6.34. The van der Waals surface area contributed by atoms with E-state index in [1.807, 2.05) is 12.4 Å². The highest BCUT2D eigenvalue weighted by molar-refractivity contribution is 5.73. The lowest BCUT2D eigenvalue weighted by molar-refractivity contribution is -0.147. The minimum atomic E-state index is -0.704. The van der Waals surface area contributed by atoms with Crippen molar-refractivity contribution >= 4 is 5.97 Å². The lowest BCUT2D eigenvalue weighted by atomic mass is 9.87. The monoisotopic (exact) mass is 276 g/mol. The summed E-state index contributed by atoms with van der Waals surface area (Å²) >= 11 is 0. The van der Waals surface area contributed by atoms with Crippen LogP contribution >= 0.6 is 0 Å². The average Bonchev–Trinajstić information content (AvgIpc) is 2.46. The molecular weight excluding hydrogens is 252 g/mol. The molecule has 0 amide bonds. The normalized spacial score (nSPS) is 18.1. The Balaban J connectivity index is 1.79. The van der Waals surface area contributed by atoms with Crippen LogP contribution in [0.25, 0.3) is 0 Å². The first-order valence-electron chi connectivity index (χ1n) is 7.35. The van der Waals surface area contributed by atoms with E-state index in [-0.39, 0.29) is 0 Å². The van der Waals surface area contributed by atoms with Crippen molar-refractivity contribution < 1.29 is 9.90 Å². The van der Waals surface area contributed by atoms with Crippen LogP contribution in [-0.2, 0) is 4.79 Å². The Labute approximate surface area is 120 Å². The third-order valence-corrected chi connectivity index (χ3v) is 4.40. The molecule has 4 heteroatoms. The Morgan fingerprint density at radius 2 is 1.95 bits per heavy atom. The van der Waals surface area contributed by atoms with Crippen molar-refractivity contribution in [3.8, 4) is 0 Å². The molecule has 0 aromatic carbocycles. The van der Waals surface area contributed by atoms with Gasteiger partial charge in [0.25, 0.3) is 0 Å². The lowest BCUT2D eigenvalue weighted by Gasteiger charge is -2.33. The largest absolute Gasteiger partial charge is 0.481 e. The maximum atomic E-state index is 11.1. The van der Waals surface area contributed by atoms with Crippen LogP contribution in [-0.4, -0.2) is 40.6 Å². The number of carboxylic acids is 1. The van der Waals surface area contributed by atoms with Crippen molar-refractivity contribution in [2.24, 2.45) is 5.41 Å². The van der Waals surface area contributed by atoms with E-state index < -0.39 is 11.4 Å². The van der Waals surface area contributed by atoms with Crippen LogP contribution in [0.1, 0.15) is 44.6 Å². The fourth-order valence-electron chi connectivity index (χ4n) is 2.67. The van der Waals surface area contributed by atoms with E-state index in [4.69, 9.17) is 5.11 Å². The number of hydrogen-bond donors (Lipinski definition) is 1. The quantitative estimate of drug-likeness (QED) is 0.898. The Morgan fingerprint density at radius 1 is 1.35 bits per heavy atom. The minimum absolute atomic E-state index is 0.623. The first-order chi connectivity index (χ1) is 9.49. The molecule has 1 N–H and O–H groups in total. The van der Waals surface area contributed by atoms with Crippen LogP contribution in [0, 0.1) is 5.41 Å². The first-order valence-corrected chi connectivity index (χ1v) is 7.35. The number of likely N-dealkylation sites (tertiary alicyclic amines) is 1. The van der Waals surface area contributed by atoms with Crippen LogP contribution in [0.4, 0.5) is 0 Å². The molecule has 20 heavy (non-hydrogen) atoms. The smallest absolute Gasteiger partial charge is 0.309 e. The highest BCUT2D eigenvalue weighted by Gasteiger charge is 2.28. The predicted molar refractivity (Wildman–Crippen MR) is 78.7 cm³/mol. The van der Waals surface area contributed by atoms with E-state index in [1.54, 1.807) is 13.8 Å². The summed E-state index contributed by atoms with van der Waals surface area (Å²) in [7, 11) is 0. The molecule has 2 rings (SSSR count). The summed E-state index contributed by atoms with van der Waals surface area (Å²) < 4.78 is 0. The summed E-state index contributed by atoms with van der Waals surface area (Å²) in [6.45, 7) is 6.60. The topological polar surface area (TPSA) is 53.4 Å². The molecule has 1 fully saturated rings. The fourth-order valence-corrected chi connectivity index (χ4v) is 2.67. The molecular formula is C16H24N2O2. The zero-order valence-electron chi connectivity index (χ0n) is 12.4. The molecule has 1 aromatic heterocycles. The minimum Gasteiger partial charge on any atom is -0.481 e. The Kier molecular flexibility index (Phi) is 4.76. The molecule has 110 valence electrons. The van der Waals surface area contributed by atoms with Crippen LogP contribution < -0.4 is 0 Å². The van der Waals surface area contributed by atoms with Gasteiger partial charge in [0.15, 0.2) is 0 Å². The highest BCUT2D eigenvalue weighted by atomic mass is 16.4. The zero-order valence-corrected chi connectivity index (χ0v) is 12.4. The lowest BCUT2D eigenvalue weighted by Crippen LogP contribution is -2.37. The van der Waals surface area contributed by atoms with E-state index in [1.165, 1.54) is 5.56 Å². The van der Waals surface area contributed by atoms with Crippen LogP contribution in [0.2, 0.25) is 0 Å². The van der Waals surface area contributed by atoms with Gasteiger partial charge in [-0.15, -0.1) is 0 Å². The van der Waals surface area contributed by atoms with Crippen molar-refractivity contribution in [1.82, 2.24) is 9.88 Å². The summed E-state index contributed by atoms with van der Waals surface area (Å²) in [5.41, 5.74) is 0.757. The van der Waals surface area contributed by atoms with E-state index in [2.05, 4.69) is 22.0 Å². The summed E-state index contributed by atoms with van der Waals surface area (Å²) in [5, 5.41) is 9.14. The molecule has 1 aliphatic rings. The number of nitrogens with zero attached hydrogens (tertiary/aromatic N) is 2. The number of carbonyl (C=O) groups is 1. The first kappa shape index (κ1) is 15.0. The van der Waals surface area contributed by atoms with E-state index in [0.717, 1.165) is 32.5 Å². The summed E-state index contributed by atoms with van der Waals surface area (Å²) in [5.74, 6) is -0.0779. The van der Waals surface area contributed by atoms with Crippen LogP contribution in [0.5, 0.6) is 0 Å². The van der Waals surface area contributed by atoms with Gasteiger partial charge in [0.1, 0.15) is 0 Å². The third-order valence-electron chi connectivity index (χ3n) is 4.40. The van der Waals surface area contributed by atoms with Crippen LogP contribution in [0.15, 0.2) is 24.5 Å². The van der Waals surface area contributed by atoms with Crippen molar-refractivity contribution in [2.75, 3.05) is 19.6 Å². The van der Waals surface area contributed by atoms with Gasteiger partial charge in [-0.1, -0.05) is 0 Å². The zero-order chi connectivity index (χ0) is 14.6. The highest BCUT2D eigenvalue weighted by Crippen LogP contribution is 2.28. The molecule has 0 atom stereocenters.